The normalized spacial score (nSPS) is 10.9. The van der Waals surface area contributed by atoms with E-state index in [1.54, 1.807) is 41.2 Å². The van der Waals surface area contributed by atoms with Gasteiger partial charge in [-0.15, -0.1) is 0 Å². The molecular weight excluding hydrogens is 437 g/mol. The number of carbonyl (C=O) groups excluding carboxylic acids is 1. The van der Waals surface area contributed by atoms with Gasteiger partial charge in [-0.05, 0) is 63.0 Å². The van der Waals surface area contributed by atoms with Crippen molar-refractivity contribution >= 4 is 40.6 Å². The van der Waals surface area contributed by atoms with Crippen molar-refractivity contribution < 1.29 is 9.53 Å². The van der Waals surface area contributed by atoms with Crippen molar-refractivity contribution in [1.29, 1.82) is 0 Å². The third-order valence-electron chi connectivity index (χ3n) is 4.50. The largest absolute Gasteiger partial charge is 0.493 e. The molecule has 0 spiro atoms. The van der Waals surface area contributed by atoms with Crippen LogP contribution in [0.3, 0.4) is 0 Å². The van der Waals surface area contributed by atoms with E-state index in [1.807, 2.05) is 33.3 Å². The van der Waals surface area contributed by atoms with Gasteiger partial charge in [0.15, 0.2) is 0 Å². The summed E-state index contributed by atoms with van der Waals surface area (Å²) < 4.78 is 7.70. The summed E-state index contributed by atoms with van der Waals surface area (Å²) in [7, 11) is 5.86. The zero-order valence-electron chi connectivity index (χ0n) is 17.7. The fraction of sp³-hybridized carbons (Fsp3) is 0.273. The lowest BCUT2D eigenvalue weighted by atomic mass is 10.1. The Hall–Kier alpha value is -2.74. The molecule has 0 atom stereocenters. The lowest BCUT2D eigenvalue weighted by molar-refractivity contribution is 0.262. The van der Waals surface area contributed by atoms with Gasteiger partial charge in [-0.1, -0.05) is 23.2 Å². The van der Waals surface area contributed by atoms with Gasteiger partial charge in [0.2, 0.25) is 0 Å². The van der Waals surface area contributed by atoms with E-state index in [-0.39, 0.29) is 6.03 Å². The van der Waals surface area contributed by atoms with E-state index in [1.165, 1.54) is 0 Å². The molecule has 2 aromatic carbocycles. The summed E-state index contributed by atoms with van der Waals surface area (Å²) >= 11 is 12.3. The summed E-state index contributed by atoms with van der Waals surface area (Å²) in [4.78, 5) is 14.5. The van der Waals surface area contributed by atoms with Crippen LogP contribution in [-0.2, 0) is 7.05 Å². The van der Waals surface area contributed by atoms with Crippen LogP contribution >= 0.6 is 23.2 Å². The minimum atomic E-state index is -0.371. The van der Waals surface area contributed by atoms with E-state index in [9.17, 15) is 4.79 Å². The van der Waals surface area contributed by atoms with E-state index in [0.29, 0.717) is 39.5 Å². The summed E-state index contributed by atoms with van der Waals surface area (Å²) in [6.45, 7) is 1.48. The summed E-state index contributed by atoms with van der Waals surface area (Å²) in [6, 6.07) is 11.9. The average Bonchev–Trinajstić information content (AvgIpc) is 3.05. The molecule has 1 aromatic heterocycles. The van der Waals surface area contributed by atoms with Gasteiger partial charge in [-0.25, -0.2) is 4.79 Å². The molecule has 0 saturated heterocycles. The van der Waals surface area contributed by atoms with Crippen molar-refractivity contribution in [3.05, 3.63) is 58.7 Å². The first-order valence-corrected chi connectivity index (χ1v) is 10.5. The number of carbonyl (C=O) groups is 1. The molecule has 0 aliphatic heterocycles. The molecule has 0 aliphatic carbocycles. The van der Waals surface area contributed by atoms with Gasteiger partial charge in [-0.2, -0.15) is 5.10 Å². The van der Waals surface area contributed by atoms with Crippen molar-refractivity contribution in [2.24, 2.45) is 7.05 Å². The minimum Gasteiger partial charge on any atom is -0.493 e. The number of nitrogens with zero attached hydrogens (tertiary/aromatic N) is 3. The lowest BCUT2D eigenvalue weighted by Gasteiger charge is -2.16. The molecule has 31 heavy (non-hydrogen) atoms. The van der Waals surface area contributed by atoms with Crippen LogP contribution in [0, 0.1) is 0 Å². The number of ether oxygens (including phenoxy) is 1. The lowest BCUT2D eigenvalue weighted by Crippen LogP contribution is -2.19. The number of aromatic nitrogens is 2. The van der Waals surface area contributed by atoms with Crippen molar-refractivity contribution in [2.75, 3.05) is 37.9 Å². The zero-order chi connectivity index (χ0) is 22.4. The van der Waals surface area contributed by atoms with Crippen LogP contribution in [-0.4, -0.2) is 48.0 Å². The number of halogens is 2. The topological polar surface area (TPSA) is 71.4 Å². The fourth-order valence-electron chi connectivity index (χ4n) is 3.02. The Morgan fingerprint density at radius 2 is 1.77 bits per heavy atom. The van der Waals surface area contributed by atoms with Crippen LogP contribution in [0.5, 0.6) is 5.75 Å². The van der Waals surface area contributed by atoms with E-state index >= 15 is 0 Å². The highest BCUT2D eigenvalue weighted by Gasteiger charge is 2.16. The number of nitrogens with one attached hydrogen (secondary N) is 2. The Morgan fingerprint density at radius 1 is 1.10 bits per heavy atom. The second kappa shape index (κ2) is 10.5. The minimum absolute atomic E-state index is 0.371. The summed E-state index contributed by atoms with van der Waals surface area (Å²) in [5, 5.41) is 10.9. The first kappa shape index (κ1) is 22.9. The molecule has 2 N–H and O–H groups in total. The van der Waals surface area contributed by atoms with E-state index in [4.69, 9.17) is 27.9 Å². The number of rotatable bonds is 8. The van der Waals surface area contributed by atoms with Gasteiger partial charge >= 0.3 is 6.03 Å². The molecule has 0 bridgehead atoms. The molecule has 0 unspecified atom stereocenters. The molecule has 0 fully saturated rings. The number of amides is 2. The second-order valence-corrected chi connectivity index (χ2v) is 8.11. The third kappa shape index (κ3) is 6.37. The summed E-state index contributed by atoms with van der Waals surface area (Å²) in [6.07, 6.45) is 2.47. The number of anilines is 2. The molecule has 0 saturated carbocycles. The monoisotopic (exact) mass is 461 g/mol. The molecule has 3 rings (SSSR count). The summed E-state index contributed by atoms with van der Waals surface area (Å²) in [5.74, 6) is 0.674. The Bertz CT molecular complexity index is 1020. The first-order chi connectivity index (χ1) is 14.8. The number of hydrogen-bond donors (Lipinski definition) is 2. The molecule has 2 amide bonds. The molecule has 7 nitrogen and oxygen atoms in total. The third-order valence-corrected chi connectivity index (χ3v) is 5.02. The maximum Gasteiger partial charge on any atom is 0.323 e. The molecule has 1 heterocycles. The van der Waals surface area contributed by atoms with Gasteiger partial charge in [0, 0.05) is 35.6 Å². The quantitative estimate of drug-likeness (QED) is 0.442. The molecule has 3 aromatic rings. The Balaban J connectivity index is 1.79. The SMILES string of the molecule is CN(C)CCCOc1ccc(NC(=O)Nc2ccc(Cl)cc2)cc1-c1c(Cl)cnn1C. The molecule has 164 valence electrons. The van der Waals surface area contributed by atoms with Gasteiger partial charge in [0.25, 0.3) is 0 Å². The van der Waals surface area contributed by atoms with Gasteiger partial charge < -0.3 is 20.3 Å². The van der Waals surface area contributed by atoms with Crippen molar-refractivity contribution in [3.63, 3.8) is 0 Å². The highest BCUT2D eigenvalue weighted by molar-refractivity contribution is 6.33. The van der Waals surface area contributed by atoms with Crippen molar-refractivity contribution in [1.82, 2.24) is 14.7 Å². The molecular formula is C22H25Cl2N5O2. The van der Waals surface area contributed by atoms with Gasteiger partial charge in [0.1, 0.15) is 5.75 Å². The Labute approximate surface area is 191 Å². The highest BCUT2D eigenvalue weighted by Crippen LogP contribution is 2.36. The Morgan fingerprint density at radius 3 is 2.42 bits per heavy atom. The zero-order valence-corrected chi connectivity index (χ0v) is 19.2. The standard InChI is InChI=1S/C22H25Cl2N5O2/c1-28(2)11-4-12-31-20-10-9-17(13-18(20)21-19(24)14-25-29(21)3)27-22(30)26-16-7-5-15(23)6-8-16/h5-10,13-14H,4,11-12H2,1-3H3,(H2,26,27,30). The Kier molecular flexibility index (Phi) is 7.79. The number of hydrogen-bond acceptors (Lipinski definition) is 4. The predicted molar refractivity (Wildman–Crippen MR) is 126 cm³/mol. The van der Waals surface area contributed by atoms with E-state index < -0.39 is 0 Å². The van der Waals surface area contributed by atoms with E-state index in [0.717, 1.165) is 18.5 Å². The van der Waals surface area contributed by atoms with Crippen LogP contribution < -0.4 is 15.4 Å². The second-order valence-electron chi connectivity index (χ2n) is 7.27. The number of aryl methyl sites for hydroxylation is 1. The number of benzene rings is 2. The van der Waals surface area contributed by atoms with Gasteiger partial charge in [0.05, 0.1) is 23.5 Å². The smallest absolute Gasteiger partial charge is 0.323 e. The maximum absolute atomic E-state index is 12.4. The maximum atomic E-state index is 12.4. The van der Waals surface area contributed by atoms with Gasteiger partial charge in [-0.3, -0.25) is 4.68 Å². The predicted octanol–water partition coefficient (Wildman–Crippen LogP) is 5.37. The molecule has 9 heteroatoms. The summed E-state index contributed by atoms with van der Waals surface area (Å²) in [5.41, 5.74) is 2.70. The fourth-order valence-corrected chi connectivity index (χ4v) is 3.42. The molecule has 0 radical (unpaired) electrons. The van der Waals surface area contributed by atoms with Crippen LogP contribution in [0.25, 0.3) is 11.3 Å². The highest BCUT2D eigenvalue weighted by atomic mass is 35.5. The number of urea groups is 1. The van der Waals surface area contributed by atoms with Crippen LogP contribution in [0.1, 0.15) is 6.42 Å². The van der Waals surface area contributed by atoms with Crippen molar-refractivity contribution in [3.8, 4) is 17.0 Å². The van der Waals surface area contributed by atoms with E-state index in [2.05, 4.69) is 20.6 Å². The van der Waals surface area contributed by atoms with Crippen LogP contribution in [0.2, 0.25) is 10.0 Å². The average molecular weight is 462 g/mol. The van der Waals surface area contributed by atoms with Crippen molar-refractivity contribution in [2.45, 2.75) is 6.42 Å². The molecule has 0 aliphatic rings. The van der Waals surface area contributed by atoms with Crippen LogP contribution in [0.4, 0.5) is 16.2 Å². The van der Waals surface area contributed by atoms with Crippen LogP contribution in [0.15, 0.2) is 48.7 Å². The first-order valence-electron chi connectivity index (χ1n) is 9.76.